The van der Waals surface area contributed by atoms with E-state index in [0.29, 0.717) is 18.1 Å². The molecule has 7 heteroatoms. The highest BCUT2D eigenvalue weighted by molar-refractivity contribution is 5.85. The molecule has 0 bridgehead atoms. The number of piperidine rings is 1. The van der Waals surface area contributed by atoms with Gasteiger partial charge in [0.1, 0.15) is 0 Å². The molecular weight excluding hydrogens is 290 g/mol. The minimum absolute atomic E-state index is 0. The van der Waals surface area contributed by atoms with Crippen molar-refractivity contribution < 1.29 is 0 Å². The van der Waals surface area contributed by atoms with E-state index in [1.165, 1.54) is 0 Å². The fourth-order valence-corrected chi connectivity index (χ4v) is 2.80. The molecule has 2 aromatic rings. The van der Waals surface area contributed by atoms with Crippen LogP contribution in [0.5, 0.6) is 0 Å². The van der Waals surface area contributed by atoms with Gasteiger partial charge in [0.05, 0.1) is 6.54 Å². The second-order valence-electron chi connectivity index (χ2n) is 5.46. The Morgan fingerprint density at radius 3 is 2.67 bits per heavy atom. The van der Waals surface area contributed by atoms with Crippen molar-refractivity contribution in [2.45, 2.75) is 19.4 Å². The molecule has 1 fully saturated rings. The first-order valence-electron chi connectivity index (χ1n) is 7.24. The lowest BCUT2D eigenvalue weighted by Crippen LogP contribution is -2.38. The van der Waals surface area contributed by atoms with Crippen LogP contribution < -0.4 is 11.4 Å². The van der Waals surface area contributed by atoms with Crippen molar-refractivity contribution in [3.63, 3.8) is 0 Å². The highest BCUT2D eigenvalue weighted by atomic mass is 35.5. The smallest absolute Gasteiger partial charge is 0.330 e. The topological polar surface area (TPSA) is 68.6 Å². The first-order chi connectivity index (χ1) is 9.78. The Bertz CT molecular complexity index is 630. The largest absolute Gasteiger partial charge is 0.350 e. The number of fused-ring (bicyclic) bond motifs is 1. The van der Waals surface area contributed by atoms with E-state index in [0.717, 1.165) is 39.0 Å². The van der Waals surface area contributed by atoms with Crippen molar-refractivity contribution in [2.24, 2.45) is 11.7 Å². The summed E-state index contributed by atoms with van der Waals surface area (Å²) in [4.78, 5) is 14.5. The van der Waals surface area contributed by atoms with Crippen molar-refractivity contribution >= 4 is 18.1 Å². The summed E-state index contributed by atoms with van der Waals surface area (Å²) in [5.74, 6) is 0.671. The molecule has 1 aliphatic rings. The predicted molar refractivity (Wildman–Crippen MR) is 84.9 cm³/mol. The number of aromatic nitrogens is 3. The second-order valence-corrected chi connectivity index (χ2v) is 5.46. The molecule has 2 aromatic heterocycles. The fourth-order valence-electron chi connectivity index (χ4n) is 2.80. The van der Waals surface area contributed by atoms with Crippen LogP contribution in [0.1, 0.15) is 12.8 Å². The van der Waals surface area contributed by atoms with Crippen LogP contribution >= 0.6 is 12.4 Å². The van der Waals surface area contributed by atoms with Gasteiger partial charge in [-0.2, -0.15) is 0 Å². The molecule has 3 rings (SSSR count). The molecule has 1 saturated heterocycles. The summed E-state index contributed by atoms with van der Waals surface area (Å²) in [6, 6.07) is 5.59. The van der Waals surface area contributed by atoms with Gasteiger partial charge in [-0.05, 0) is 50.5 Å². The third-order valence-corrected chi connectivity index (χ3v) is 4.16. The summed E-state index contributed by atoms with van der Waals surface area (Å²) in [7, 11) is 0. The predicted octanol–water partition coefficient (Wildman–Crippen LogP) is 0.589. The van der Waals surface area contributed by atoms with Gasteiger partial charge < -0.3 is 10.6 Å². The molecule has 0 amide bonds. The number of hydrogen-bond donors (Lipinski definition) is 1. The second kappa shape index (κ2) is 7.06. The summed E-state index contributed by atoms with van der Waals surface area (Å²) in [6.45, 7) is 4.46. The SMILES string of the molecule is Cl.NCC1CCN(CCn2nc3ccccn3c2=O)CC1. The van der Waals surface area contributed by atoms with Gasteiger partial charge in [-0.25, -0.2) is 9.48 Å². The lowest BCUT2D eigenvalue weighted by Gasteiger charge is -2.31. The third-order valence-electron chi connectivity index (χ3n) is 4.16. The highest BCUT2D eigenvalue weighted by Gasteiger charge is 2.18. The molecule has 116 valence electrons. The Balaban J connectivity index is 0.00000161. The van der Waals surface area contributed by atoms with Crippen LogP contribution in [0, 0.1) is 5.92 Å². The van der Waals surface area contributed by atoms with Crippen molar-refractivity contribution in [3.05, 3.63) is 34.9 Å². The zero-order valence-electron chi connectivity index (χ0n) is 12.0. The molecule has 0 saturated carbocycles. The van der Waals surface area contributed by atoms with Gasteiger partial charge in [0.15, 0.2) is 5.65 Å². The number of rotatable bonds is 4. The molecule has 2 N–H and O–H groups in total. The van der Waals surface area contributed by atoms with Crippen LogP contribution in [0.15, 0.2) is 29.2 Å². The summed E-state index contributed by atoms with van der Waals surface area (Å²) in [6.07, 6.45) is 4.08. The molecule has 0 aliphatic carbocycles. The standard InChI is InChI=1S/C14H21N5O.ClH/c15-11-12-4-7-17(8-5-12)9-10-19-14(20)18-6-2-1-3-13(18)16-19;/h1-3,6,12H,4-5,7-11,15H2;1H. The Hall–Kier alpha value is -1.37. The minimum atomic E-state index is -0.0579. The maximum Gasteiger partial charge on any atom is 0.350 e. The first-order valence-corrected chi connectivity index (χ1v) is 7.24. The van der Waals surface area contributed by atoms with Gasteiger partial charge >= 0.3 is 5.69 Å². The summed E-state index contributed by atoms with van der Waals surface area (Å²) < 4.78 is 3.14. The van der Waals surface area contributed by atoms with Gasteiger partial charge in [-0.15, -0.1) is 17.5 Å². The highest BCUT2D eigenvalue weighted by Crippen LogP contribution is 2.15. The molecule has 0 radical (unpaired) electrons. The van der Waals surface area contributed by atoms with Crippen LogP contribution in [0.25, 0.3) is 5.65 Å². The quantitative estimate of drug-likeness (QED) is 0.897. The van der Waals surface area contributed by atoms with Gasteiger partial charge in [0.2, 0.25) is 0 Å². The maximum atomic E-state index is 12.1. The van der Waals surface area contributed by atoms with E-state index in [1.807, 2.05) is 18.2 Å². The number of nitrogens with two attached hydrogens (primary N) is 1. The van der Waals surface area contributed by atoms with Crippen LogP contribution in [-0.2, 0) is 6.54 Å². The lowest BCUT2D eigenvalue weighted by atomic mass is 9.97. The number of pyridine rings is 1. The summed E-state index contributed by atoms with van der Waals surface area (Å²) in [5, 5.41) is 4.35. The molecule has 6 nitrogen and oxygen atoms in total. The monoisotopic (exact) mass is 311 g/mol. The maximum absolute atomic E-state index is 12.1. The van der Waals surface area contributed by atoms with Gasteiger partial charge in [0, 0.05) is 12.7 Å². The van der Waals surface area contributed by atoms with Crippen LogP contribution in [0.4, 0.5) is 0 Å². The first kappa shape index (κ1) is 16.0. The summed E-state index contributed by atoms with van der Waals surface area (Å²) in [5.41, 5.74) is 6.35. The Morgan fingerprint density at radius 1 is 1.24 bits per heavy atom. The normalized spacial score (nSPS) is 17.0. The number of nitrogens with zero attached hydrogens (tertiary/aromatic N) is 4. The zero-order chi connectivity index (χ0) is 13.9. The Labute approximate surface area is 129 Å². The van der Waals surface area contributed by atoms with E-state index in [4.69, 9.17) is 5.73 Å². The molecule has 3 heterocycles. The molecule has 0 aromatic carbocycles. The van der Waals surface area contributed by atoms with Crippen molar-refractivity contribution in [1.82, 2.24) is 19.1 Å². The Morgan fingerprint density at radius 2 is 2.00 bits per heavy atom. The van der Waals surface area contributed by atoms with Gasteiger partial charge in [-0.3, -0.25) is 4.40 Å². The van der Waals surface area contributed by atoms with Gasteiger partial charge in [-0.1, -0.05) is 6.07 Å². The third kappa shape index (κ3) is 3.45. The Kier molecular flexibility index (Phi) is 5.39. The summed E-state index contributed by atoms with van der Waals surface area (Å²) >= 11 is 0. The molecular formula is C14H22ClN5O. The molecule has 0 atom stereocenters. The van der Waals surface area contributed by atoms with E-state index < -0.39 is 0 Å². The van der Waals surface area contributed by atoms with E-state index in [-0.39, 0.29) is 18.1 Å². The molecule has 0 unspecified atom stereocenters. The van der Waals surface area contributed by atoms with Crippen molar-refractivity contribution in [3.8, 4) is 0 Å². The number of hydrogen-bond acceptors (Lipinski definition) is 4. The molecule has 0 spiro atoms. The number of halogens is 1. The van der Waals surface area contributed by atoms with Crippen LogP contribution in [0.2, 0.25) is 0 Å². The fraction of sp³-hybridized carbons (Fsp3) is 0.571. The van der Waals surface area contributed by atoms with Crippen molar-refractivity contribution in [1.29, 1.82) is 0 Å². The van der Waals surface area contributed by atoms with E-state index >= 15 is 0 Å². The van der Waals surface area contributed by atoms with E-state index in [2.05, 4.69) is 10.00 Å². The van der Waals surface area contributed by atoms with Crippen LogP contribution in [-0.4, -0.2) is 45.3 Å². The molecule has 1 aliphatic heterocycles. The minimum Gasteiger partial charge on any atom is -0.330 e. The number of likely N-dealkylation sites (tertiary alicyclic amines) is 1. The average molecular weight is 312 g/mol. The van der Waals surface area contributed by atoms with E-state index in [9.17, 15) is 4.79 Å². The molecule has 21 heavy (non-hydrogen) atoms. The lowest BCUT2D eigenvalue weighted by molar-refractivity contribution is 0.179. The van der Waals surface area contributed by atoms with Crippen molar-refractivity contribution in [2.75, 3.05) is 26.2 Å². The van der Waals surface area contributed by atoms with Gasteiger partial charge in [0.25, 0.3) is 0 Å². The zero-order valence-corrected chi connectivity index (χ0v) is 12.8. The average Bonchev–Trinajstić information content (AvgIpc) is 2.83. The van der Waals surface area contributed by atoms with Crippen LogP contribution in [0.3, 0.4) is 0 Å². The van der Waals surface area contributed by atoms with E-state index in [1.54, 1.807) is 15.3 Å².